The fraction of sp³-hybridized carbons (Fsp3) is 0.542. The zero-order chi connectivity index (χ0) is 22.9. The predicted molar refractivity (Wildman–Crippen MR) is 126 cm³/mol. The molecule has 172 valence electrons. The van der Waals surface area contributed by atoms with Crippen molar-refractivity contribution < 1.29 is 14.0 Å². The van der Waals surface area contributed by atoms with Crippen molar-refractivity contribution in [2.24, 2.45) is 0 Å². The van der Waals surface area contributed by atoms with Crippen LogP contribution in [-0.2, 0) is 15.9 Å². The monoisotopic (exact) mass is 458 g/mol. The molecule has 0 N–H and O–H groups in total. The van der Waals surface area contributed by atoms with Crippen molar-refractivity contribution in [1.29, 1.82) is 0 Å². The van der Waals surface area contributed by atoms with Crippen LogP contribution in [0.2, 0.25) is 5.02 Å². The molecular formula is C24H31ClN4O3. The molecule has 7 nitrogen and oxygen atoms in total. The summed E-state index contributed by atoms with van der Waals surface area (Å²) in [6, 6.07) is 4.16. The number of hydrogen-bond donors (Lipinski definition) is 0. The van der Waals surface area contributed by atoms with Crippen molar-refractivity contribution in [2.75, 3.05) is 31.2 Å². The Morgan fingerprint density at radius 3 is 2.34 bits per heavy atom. The molecule has 2 fully saturated rings. The van der Waals surface area contributed by atoms with Gasteiger partial charge in [0.05, 0.1) is 29.3 Å². The number of fused-ring (bicyclic) bond motifs is 1. The number of ether oxygens (including phenoxy) is 2. The highest BCUT2D eigenvalue weighted by molar-refractivity contribution is 6.35. The minimum Gasteiger partial charge on any atom is -0.356 e. The fourth-order valence-electron chi connectivity index (χ4n) is 4.45. The fourth-order valence-corrected chi connectivity index (χ4v) is 4.74. The summed E-state index contributed by atoms with van der Waals surface area (Å²) in [6.07, 6.45) is 2.48. The first-order valence-electron chi connectivity index (χ1n) is 11.5. The molecule has 2 aliphatic rings. The number of anilines is 1. The molecule has 0 bridgehead atoms. The molecule has 1 aromatic carbocycles. The summed E-state index contributed by atoms with van der Waals surface area (Å²) in [6.45, 7) is 12.9. The maximum absolute atomic E-state index is 6.65. The van der Waals surface area contributed by atoms with E-state index in [2.05, 4.69) is 35.0 Å². The Bertz CT molecular complexity index is 1100. The second kappa shape index (κ2) is 9.33. The van der Waals surface area contributed by atoms with Gasteiger partial charge in [-0.1, -0.05) is 37.5 Å². The first-order valence-corrected chi connectivity index (χ1v) is 11.8. The van der Waals surface area contributed by atoms with Gasteiger partial charge in [0.15, 0.2) is 11.6 Å². The summed E-state index contributed by atoms with van der Waals surface area (Å²) < 4.78 is 17.4. The van der Waals surface area contributed by atoms with Crippen molar-refractivity contribution in [3.05, 3.63) is 34.1 Å². The van der Waals surface area contributed by atoms with E-state index in [0.29, 0.717) is 30.0 Å². The zero-order valence-corrected chi connectivity index (χ0v) is 20.3. The number of piperidine rings is 1. The van der Waals surface area contributed by atoms with Gasteiger partial charge in [0.1, 0.15) is 5.82 Å². The summed E-state index contributed by atoms with van der Waals surface area (Å²) in [4.78, 5) is 11.8. The van der Waals surface area contributed by atoms with Crippen LogP contribution in [0.3, 0.4) is 0 Å². The zero-order valence-electron chi connectivity index (χ0n) is 19.5. The average Bonchev–Trinajstić information content (AvgIpc) is 3.45. The van der Waals surface area contributed by atoms with E-state index >= 15 is 0 Å². The van der Waals surface area contributed by atoms with Crippen LogP contribution in [-0.4, -0.2) is 47.2 Å². The summed E-state index contributed by atoms with van der Waals surface area (Å²) in [7, 11) is 0. The minimum absolute atomic E-state index is 0.447. The van der Waals surface area contributed by atoms with Gasteiger partial charge in [0.25, 0.3) is 5.89 Å². The molecule has 8 heteroatoms. The largest absolute Gasteiger partial charge is 0.356 e. The van der Waals surface area contributed by atoms with Crippen LogP contribution >= 0.6 is 11.6 Å². The third-order valence-corrected chi connectivity index (χ3v) is 6.42. The number of hydrogen-bond acceptors (Lipinski definition) is 7. The van der Waals surface area contributed by atoms with Crippen molar-refractivity contribution in [2.45, 2.75) is 59.7 Å². The first kappa shape index (κ1) is 23.0. The quantitative estimate of drug-likeness (QED) is 0.513. The van der Waals surface area contributed by atoms with Crippen LogP contribution in [0.25, 0.3) is 22.4 Å². The van der Waals surface area contributed by atoms with E-state index in [9.17, 15) is 0 Å². The lowest BCUT2D eigenvalue weighted by atomic mass is 9.98. The molecule has 0 atom stereocenters. The van der Waals surface area contributed by atoms with Crippen molar-refractivity contribution >= 4 is 28.3 Å². The van der Waals surface area contributed by atoms with Crippen LogP contribution in [0.15, 0.2) is 16.7 Å². The van der Waals surface area contributed by atoms with Gasteiger partial charge < -0.3 is 18.9 Å². The van der Waals surface area contributed by atoms with E-state index in [1.165, 1.54) is 5.56 Å². The molecule has 2 saturated heterocycles. The summed E-state index contributed by atoms with van der Waals surface area (Å²) in [5, 5.41) is 5.69. The average molecular weight is 459 g/mol. The molecule has 0 unspecified atom stereocenters. The lowest BCUT2D eigenvalue weighted by molar-refractivity contribution is -0.169. The Balaban J connectivity index is 0.00000119. The lowest BCUT2D eigenvalue weighted by Crippen LogP contribution is -2.45. The van der Waals surface area contributed by atoms with E-state index in [1.807, 2.05) is 26.8 Å². The molecule has 0 saturated carbocycles. The predicted octanol–water partition coefficient (Wildman–Crippen LogP) is 5.49. The van der Waals surface area contributed by atoms with Crippen LogP contribution in [0.1, 0.15) is 50.6 Å². The van der Waals surface area contributed by atoms with Crippen LogP contribution in [0.4, 0.5) is 5.82 Å². The first-order chi connectivity index (χ1) is 15.5. The van der Waals surface area contributed by atoms with Gasteiger partial charge in [-0.15, -0.1) is 0 Å². The Labute approximate surface area is 194 Å². The van der Waals surface area contributed by atoms with Gasteiger partial charge in [-0.05, 0) is 43.5 Å². The van der Waals surface area contributed by atoms with E-state index in [-0.39, 0.29) is 0 Å². The Morgan fingerprint density at radius 1 is 1.06 bits per heavy atom. The molecule has 2 aliphatic heterocycles. The van der Waals surface area contributed by atoms with Crippen molar-refractivity contribution in [3.8, 4) is 11.5 Å². The highest BCUT2D eigenvalue weighted by Gasteiger charge is 2.41. The third kappa shape index (κ3) is 4.09. The molecule has 32 heavy (non-hydrogen) atoms. The lowest BCUT2D eigenvalue weighted by Gasteiger charge is -2.38. The summed E-state index contributed by atoms with van der Waals surface area (Å²) in [5.41, 5.74) is 3.89. The number of benzene rings is 1. The van der Waals surface area contributed by atoms with Gasteiger partial charge in [-0.2, -0.15) is 4.98 Å². The molecule has 1 spiro atoms. The second-order valence-electron chi connectivity index (χ2n) is 8.00. The molecular weight excluding hydrogens is 428 g/mol. The third-order valence-electron chi connectivity index (χ3n) is 6.13. The maximum Gasteiger partial charge on any atom is 0.261 e. The topological polar surface area (TPSA) is 73.5 Å². The maximum atomic E-state index is 6.65. The molecule has 4 heterocycles. The number of aromatic nitrogens is 3. The molecule has 0 aliphatic carbocycles. The van der Waals surface area contributed by atoms with Crippen LogP contribution in [0, 0.1) is 13.8 Å². The highest BCUT2D eigenvalue weighted by atomic mass is 35.5. The number of nitrogens with zero attached hydrogens (tertiary/aromatic N) is 4. The standard InChI is InChI=1S/C22H25ClN4O3.C2H6/c1-4-15-11-16-13(2)18(21-24-14(3)26-30-21)20(25-19(16)17(23)12-15)27-7-5-22(6-8-27)28-9-10-29-22;1-2/h11-12H,4-10H2,1-3H3;1-2H3. The van der Waals surface area contributed by atoms with E-state index in [4.69, 9.17) is 30.6 Å². The molecule has 3 aromatic rings. The van der Waals surface area contributed by atoms with Crippen LogP contribution < -0.4 is 4.90 Å². The van der Waals surface area contributed by atoms with Crippen molar-refractivity contribution in [1.82, 2.24) is 15.1 Å². The Morgan fingerprint density at radius 2 is 1.75 bits per heavy atom. The van der Waals surface area contributed by atoms with Gasteiger partial charge >= 0.3 is 0 Å². The van der Waals surface area contributed by atoms with Gasteiger partial charge in [0, 0.05) is 31.3 Å². The van der Waals surface area contributed by atoms with Gasteiger partial charge in [-0.25, -0.2) is 4.98 Å². The van der Waals surface area contributed by atoms with Gasteiger partial charge in [0.2, 0.25) is 0 Å². The number of pyridine rings is 1. The van der Waals surface area contributed by atoms with E-state index < -0.39 is 5.79 Å². The summed E-state index contributed by atoms with van der Waals surface area (Å²) >= 11 is 6.65. The second-order valence-corrected chi connectivity index (χ2v) is 8.41. The van der Waals surface area contributed by atoms with Crippen LogP contribution in [0.5, 0.6) is 0 Å². The highest BCUT2D eigenvalue weighted by Crippen LogP contribution is 2.41. The molecule has 0 radical (unpaired) electrons. The Hall–Kier alpha value is -2.22. The van der Waals surface area contributed by atoms with E-state index in [1.54, 1.807) is 0 Å². The summed E-state index contributed by atoms with van der Waals surface area (Å²) in [5.74, 6) is 1.46. The number of rotatable bonds is 3. The molecule has 0 amide bonds. The van der Waals surface area contributed by atoms with Crippen molar-refractivity contribution in [3.63, 3.8) is 0 Å². The SMILES string of the molecule is CC.CCc1cc(Cl)c2nc(N3CCC4(CC3)OCCO4)c(-c3nc(C)no3)c(C)c2c1. The van der Waals surface area contributed by atoms with Gasteiger partial charge in [-0.3, -0.25) is 0 Å². The minimum atomic E-state index is -0.447. The smallest absolute Gasteiger partial charge is 0.261 e. The number of aryl methyl sites for hydroxylation is 3. The number of halogens is 1. The molecule has 2 aromatic heterocycles. The normalized spacial score (nSPS) is 17.6. The molecule has 5 rings (SSSR count). The Kier molecular flexibility index (Phi) is 6.70. The van der Waals surface area contributed by atoms with E-state index in [0.717, 1.165) is 60.2 Å².